The molecule has 0 aliphatic heterocycles. The van der Waals surface area contributed by atoms with Crippen molar-refractivity contribution < 1.29 is 9.13 Å². The van der Waals surface area contributed by atoms with Crippen LogP contribution in [0.15, 0.2) is 30.3 Å². The molecule has 1 heterocycles. The van der Waals surface area contributed by atoms with Crippen LogP contribution in [0.25, 0.3) is 0 Å². The molecule has 21 heavy (non-hydrogen) atoms. The lowest BCUT2D eigenvalue weighted by molar-refractivity contribution is 0.389. The number of nitrogens with zero attached hydrogens (tertiary/aromatic N) is 2. The number of likely N-dealkylation sites (N-methyl/N-ethyl adjacent to an activating group) is 1. The molecule has 0 radical (unpaired) electrons. The van der Waals surface area contributed by atoms with E-state index < -0.39 is 5.82 Å². The predicted octanol–water partition coefficient (Wildman–Crippen LogP) is 3.17. The molecule has 0 fully saturated rings. The fourth-order valence-corrected chi connectivity index (χ4v) is 2.26. The molecule has 2 rings (SSSR count). The van der Waals surface area contributed by atoms with Crippen LogP contribution in [0.2, 0.25) is 5.02 Å². The average molecular weight is 310 g/mol. The SMILES string of the molecule is CCNC(Cc1ccc(F)c(Cl)c1)c1ccc(OC)nn1. The summed E-state index contributed by atoms with van der Waals surface area (Å²) in [5, 5.41) is 11.6. The minimum absolute atomic E-state index is 0.0186. The van der Waals surface area contributed by atoms with Crippen molar-refractivity contribution in [3.8, 4) is 5.88 Å². The summed E-state index contributed by atoms with van der Waals surface area (Å²) in [7, 11) is 1.55. The average Bonchev–Trinajstić information content (AvgIpc) is 2.50. The lowest BCUT2D eigenvalue weighted by Gasteiger charge is -2.17. The number of aromatic nitrogens is 2. The van der Waals surface area contributed by atoms with Gasteiger partial charge in [0.1, 0.15) is 5.82 Å². The van der Waals surface area contributed by atoms with E-state index in [9.17, 15) is 4.39 Å². The van der Waals surface area contributed by atoms with Crippen molar-refractivity contribution in [2.75, 3.05) is 13.7 Å². The molecule has 4 nitrogen and oxygen atoms in total. The van der Waals surface area contributed by atoms with Gasteiger partial charge in [-0.15, -0.1) is 5.10 Å². The van der Waals surface area contributed by atoms with E-state index >= 15 is 0 Å². The van der Waals surface area contributed by atoms with Gasteiger partial charge in [-0.1, -0.05) is 24.6 Å². The Hall–Kier alpha value is -1.72. The molecule has 0 aliphatic carbocycles. The monoisotopic (exact) mass is 309 g/mol. The first-order valence-corrected chi connectivity index (χ1v) is 7.06. The maximum Gasteiger partial charge on any atom is 0.233 e. The summed E-state index contributed by atoms with van der Waals surface area (Å²) < 4.78 is 18.2. The Labute approximate surface area is 128 Å². The first-order chi connectivity index (χ1) is 10.1. The molecule has 6 heteroatoms. The van der Waals surface area contributed by atoms with Gasteiger partial charge in [0.15, 0.2) is 0 Å². The van der Waals surface area contributed by atoms with Crippen molar-refractivity contribution in [1.82, 2.24) is 15.5 Å². The summed E-state index contributed by atoms with van der Waals surface area (Å²) in [6.07, 6.45) is 0.648. The van der Waals surface area contributed by atoms with E-state index in [1.165, 1.54) is 6.07 Å². The van der Waals surface area contributed by atoms with Gasteiger partial charge in [-0.3, -0.25) is 0 Å². The molecule has 0 spiro atoms. The minimum Gasteiger partial charge on any atom is -0.480 e. The number of hydrogen-bond donors (Lipinski definition) is 1. The highest BCUT2D eigenvalue weighted by Crippen LogP contribution is 2.21. The van der Waals surface area contributed by atoms with Crippen LogP contribution >= 0.6 is 11.6 Å². The van der Waals surface area contributed by atoms with Crippen molar-refractivity contribution in [1.29, 1.82) is 0 Å². The molecule has 0 aliphatic rings. The number of halogens is 2. The van der Waals surface area contributed by atoms with Crippen LogP contribution in [0.3, 0.4) is 0 Å². The van der Waals surface area contributed by atoms with Crippen LogP contribution in [0.5, 0.6) is 5.88 Å². The largest absolute Gasteiger partial charge is 0.480 e. The van der Waals surface area contributed by atoms with Crippen molar-refractivity contribution >= 4 is 11.6 Å². The molecule has 0 amide bonds. The zero-order valence-electron chi connectivity index (χ0n) is 11.9. The van der Waals surface area contributed by atoms with E-state index in [-0.39, 0.29) is 11.1 Å². The van der Waals surface area contributed by atoms with E-state index in [1.807, 2.05) is 13.0 Å². The Kier molecular flexibility index (Phi) is 5.47. The Balaban J connectivity index is 2.19. The van der Waals surface area contributed by atoms with Gasteiger partial charge < -0.3 is 10.1 Å². The normalized spacial score (nSPS) is 12.2. The van der Waals surface area contributed by atoms with Gasteiger partial charge in [0.05, 0.1) is 23.9 Å². The molecule has 0 saturated heterocycles. The van der Waals surface area contributed by atoms with E-state index in [1.54, 1.807) is 25.3 Å². The zero-order chi connectivity index (χ0) is 15.2. The number of ether oxygens (including phenoxy) is 1. The van der Waals surface area contributed by atoms with Crippen molar-refractivity contribution in [2.24, 2.45) is 0 Å². The Morgan fingerprint density at radius 1 is 1.29 bits per heavy atom. The fraction of sp³-hybridized carbons (Fsp3) is 0.333. The van der Waals surface area contributed by atoms with Crippen molar-refractivity contribution in [3.05, 3.63) is 52.4 Å². The Morgan fingerprint density at radius 3 is 2.67 bits per heavy atom. The molecule has 2 aromatic rings. The summed E-state index contributed by atoms with van der Waals surface area (Å²) >= 11 is 5.82. The first-order valence-electron chi connectivity index (χ1n) is 6.69. The van der Waals surface area contributed by atoms with Gasteiger partial charge >= 0.3 is 0 Å². The third kappa shape index (κ3) is 4.12. The molecule has 1 N–H and O–H groups in total. The van der Waals surface area contributed by atoms with E-state index in [4.69, 9.17) is 16.3 Å². The van der Waals surface area contributed by atoms with Gasteiger partial charge in [0.2, 0.25) is 5.88 Å². The van der Waals surface area contributed by atoms with E-state index in [0.29, 0.717) is 12.3 Å². The van der Waals surface area contributed by atoms with E-state index in [2.05, 4.69) is 15.5 Å². The molecular formula is C15H17ClFN3O. The first kappa shape index (κ1) is 15.7. The molecule has 1 aromatic heterocycles. The Morgan fingerprint density at radius 2 is 2.10 bits per heavy atom. The third-order valence-electron chi connectivity index (χ3n) is 3.10. The van der Waals surface area contributed by atoms with Crippen molar-refractivity contribution in [3.63, 3.8) is 0 Å². The minimum atomic E-state index is -0.412. The summed E-state index contributed by atoms with van der Waals surface area (Å²) in [5.41, 5.74) is 1.74. The molecule has 1 aromatic carbocycles. The van der Waals surface area contributed by atoms with Crippen LogP contribution in [0.1, 0.15) is 24.2 Å². The second kappa shape index (κ2) is 7.33. The number of hydrogen-bond acceptors (Lipinski definition) is 4. The number of methoxy groups -OCH3 is 1. The van der Waals surface area contributed by atoms with Crippen LogP contribution in [-0.2, 0) is 6.42 Å². The second-order valence-corrected chi connectivity index (χ2v) is 4.97. The molecule has 112 valence electrons. The maximum absolute atomic E-state index is 13.2. The number of benzene rings is 1. The van der Waals surface area contributed by atoms with Gasteiger partial charge in [-0.05, 0) is 36.7 Å². The summed E-state index contributed by atoms with van der Waals surface area (Å²) in [4.78, 5) is 0. The smallest absolute Gasteiger partial charge is 0.233 e. The summed E-state index contributed by atoms with van der Waals surface area (Å²) in [6, 6.07) is 8.35. The number of rotatable bonds is 6. The summed E-state index contributed by atoms with van der Waals surface area (Å²) in [5.74, 6) is 0.0588. The summed E-state index contributed by atoms with van der Waals surface area (Å²) in [6.45, 7) is 2.80. The van der Waals surface area contributed by atoms with E-state index in [0.717, 1.165) is 17.8 Å². The molecule has 0 bridgehead atoms. The van der Waals surface area contributed by atoms with Gasteiger partial charge in [-0.2, -0.15) is 5.10 Å². The lowest BCUT2D eigenvalue weighted by atomic mass is 10.0. The van der Waals surface area contributed by atoms with Crippen LogP contribution in [0, 0.1) is 5.82 Å². The molecule has 1 unspecified atom stereocenters. The highest BCUT2D eigenvalue weighted by atomic mass is 35.5. The van der Waals surface area contributed by atoms with Gasteiger partial charge in [-0.25, -0.2) is 4.39 Å². The third-order valence-corrected chi connectivity index (χ3v) is 3.39. The Bertz CT molecular complexity index is 592. The standard InChI is InChI=1S/C15H17ClFN3O/c1-3-18-14(13-6-7-15(21-2)20-19-13)9-10-4-5-12(17)11(16)8-10/h4-8,14,18H,3,9H2,1-2H3. The van der Waals surface area contributed by atoms with Crippen LogP contribution in [-0.4, -0.2) is 23.9 Å². The van der Waals surface area contributed by atoms with Crippen LogP contribution < -0.4 is 10.1 Å². The predicted molar refractivity (Wildman–Crippen MR) is 80.1 cm³/mol. The maximum atomic E-state index is 13.2. The lowest BCUT2D eigenvalue weighted by Crippen LogP contribution is -2.24. The van der Waals surface area contributed by atoms with Crippen molar-refractivity contribution in [2.45, 2.75) is 19.4 Å². The molecule has 1 atom stereocenters. The fourth-order valence-electron chi connectivity index (χ4n) is 2.06. The van der Waals surface area contributed by atoms with Gasteiger partial charge in [0.25, 0.3) is 0 Å². The molecule has 0 saturated carbocycles. The van der Waals surface area contributed by atoms with Crippen LogP contribution in [0.4, 0.5) is 4.39 Å². The highest BCUT2D eigenvalue weighted by molar-refractivity contribution is 6.30. The number of nitrogens with one attached hydrogen (secondary N) is 1. The topological polar surface area (TPSA) is 47.0 Å². The quantitative estimate of drug-likeness (QED) is 0.890. The zero-order valence-corrected chi connectivity index (χ0v) is 12.7. The van der Waals surface area contributed by atoms with Gasteiger partial charge in [0, 0.05) is 6.07 Å². The molecular weight excluding hydrogens is 293 g/mol. The highest BCUT2D eigenvalue weighted by Gasteiger charge is 2.14. The second-order valence-electron chi connectivity index (χ2n) is 4.56.